The van der Waals surface area contributed by atoms with Crippen LogP contribution >= 0.6 is 0 Å². The van der Waals surface area contributed by atoms with Crippen LogP contribution in [-0.2, 0) is 0 Å². The SMILES string of the molecule is C=C(N=NN(N)c1ccc(Oc2cccnc2)nc1)c1ccccn1. The number of hydrazine groups is 1. The lowest BCUT2D eigenvalue weighted by Crippen LogP contribution is -2.23. The van der Waals surface area contributed by atoms with E-state index in [1.807, 2.05) is 12.1 Å². The van der Waals surface area contributed by atoms with Crippen LogP contribution in [-0.4, -0.2) is 15.0 Å². The summed E-state index contributed by atoms with van der Waals surface area (Å²) in [5.41, 5.74) is 1.56. The van der Waals surface area contributed by atoms with E-state index in [-0.39, 0.29) is 0 Å². The highest BCUT2D eigenvalue weighted by molar-refractivity contribution is 5.58. The summed E-state index contributed by atoms with van der Waals surface area (Å²) < 4.78 is 5.56. The Morgan fingerprint density at radius 3 is 2.64 bits per heavy atom. The summed E-state index contributed by atoms with van der Waals surface area (Å²) in [5.74, 6) is 6.86. The number of rotatable bonds is 6. The first kappa shape index (κ1) is 16.2. The molecule has 124 valence electrons. The number of nitrogens with zero attached hydrogens (tertiary/aromatic N) is 6. The fourth-order valence-electron chi connectivity index (χ4n) is 1.84. The van der Waals surface area contributed by atoms with Gasteiger partial charge in [0.15, 0.2) is 0 Å². The van der Waals surface area contributed by atoms with Gasteiger partial charge in [-0.3, -0.25) is 9.97 Å². The summed E-state index contributed by atoms with van der Waals surface area (Å²) in [5, 5.41) is 8.94. The van der Waals surface area contributed by atoms with Crippen LogP contribution in [0.25, 0.3) is 5.70 Å². The normalized spacial score (nSPS) is 10.6. The monoisotopic (exact) mass is 333 g/mol. The minimum atomic E-state index is 0.403. The molecular formula is C17H15N7O. The minimum absolute atomic E-state index is 0.403. The molecule has 0 aliphatic rings. The number of ether oxygens (including phenoxy) is 1. The van der Waals surface area contributed by atoms with Gasteiger partial charge < -0.3 is 4.74 Å². The average Bonchev–Trinajstić information content (AvgIpc) is 2.68. The highest BCUT2D eigenvalue weighted by atomic mass is 16.5. The zero-order valence-electron chi connectivity index (χ0n) is 13.2. The van der Waals surface area contributed by atoms with Crippen molar-refractivity contribution in [1.82, 2.24) is 15.0 Å². The molecule has 0 unspecified atom stereocenters. The predicted molar refractivity (Wildman–Crippen MR) is 93.3 cm³/mol. The number of hydrogen-bond acceptors (Lipinski definition) is 7. The van der Waals surface area contributed by atoms with Crippen LogP contribution in [0.4, 0.5) is 5.69 Å². The van der Waals surface area contributed by atoms with Crippen LogP contribution in [0.2, 0.25) is 0 Å². The van der Waals surface area contributed by atoms with Gasteiger partial charge in [0, 0.05) is 18.5 Å². The Bertz CT molecular complexity index is 851. The Morgan fingerprint density at radius 2 is 1.96 bits per heavy atom. The highest BCUT2D eigenvalue weighted by Gasteiger charge is 2.04. The lowest BCUT2D eigenvalue weighted by atomic mass is 10.3. The standard InChI is InChI=1S/C17H15N7O/c1-13(16-6-2-3-10-20-16)22-23-24(18)14-7-8-17(21-11-14)25-15-5-4-9-19-12-15/h2-12H,1,18H2. The van der Waals surface area contributed by atoms with Crippen LogP contribution < -0.4 is 15.7 Å². The van der Waals surface area contributed by atoms with Gasteiger partial charge in [0.1, 0.15) is 11.4 Å². The van der Waals surface area contributed by atoms with E-state index in [1.165, 1.54) is 6.20 Å². The smallest absolute Gasteiger partial charge is 0.219 e. The molecule has 0 aliphatic carbocycles. The van der Waals surface area contributed by atoms with Gasteiger partial charge in [-0.15, -0.1) is 5.11 Å². The van der Waals surface area contributed by atoms with Crippen molar-refractivity contribution >= 4 is 11.4 Å². The van der Waals surface area contributed by atoms with Gasteiger partial charge in [-0.1, -0.05) is 17.9 Å². The van der Waals surface area contributed by atoms with E-state index < -0.39 is 0 Å². The molecule has 0 spiro atoms. The van der Waals surface area contributed by atoms with Crippen molar-refractivity contribution < 1.29 is 4.74 Å². The number of hydrogen-bond donors (Lipinski definition) is 1. The van der Waals surface area contributed by atoms with Crippen molar-refractivity contribution in [2.75, 3.05) is 5.12 Å². The van der Waals surface area contributed by atoms with Crippen LogP contribution in [0.5, 0.6) is 11.6 Å². The minimum Gasteiger partial charge on any atom is -0.437 e. The molecule has 8 nitrogen and oxygen atoms in total. The molecule has 0 saturated carbocycles. The van der Waals surface area contributed by atoms with Crippen molar-refractivity contribution in [2.24, 2.45) is 16.2 Å². The van der Waals surface area contributed by atoms with Crippen molar-refractivity contribution in [3.05, 3.63) is 79.5 Å². The lowest BCUT2D eigenvalue weighted by Gasteiger charge is -2.11. The quantitative estimate of drug-likeness (QED) is 0.421. The molecule has 0 radical (unpaired) electrons. The Labute approximate surface area is 144 Å². The van der Waals surface area contributed by atoms with Gasteiger partial charge in [-0.2, -0.15) is 5.12 Å². The molecule has 8 heteroatoms. The van der Waals surface area contributed by atoms with E-state index in [1.54, 1.807) is 48.9 Å². The number of aromatic nitrogens is 3. The maximum atomic E-state index is 5.84. The Balaban J connectivity index is 1.63. The molecule has 3 rings (SSSR count). The highest BCUT2D eigenvalue weighted by Crippen LogP contribution is 2.20. The van der Waals surface area contributed by atoms with Crippen molar-refractivity contribution in [2.45, 2.75) is 0 Å². The molecule has 0 bridgehead atoms. The van der Waals surface area contributed by atoms with Crippen molar-refractivity contribution in [3.8, 4) is 11.6 Å². The molecule has 0 amide bonds. The summed E-state index contributed by atoms with van der Waals surface area (Å²) in [6.45, 7) is 3.80. The first-order valence-corrected chi connectivity index (χ1v) is 7.33. The van der Waals surface area contributed by atoms with Gasteiger partial charge in [-0.05, 0) is 30.3 Å². The molecule has 0 aliphatic heterocycles. The summed E-state index contributed by atoms with van der Waals surface area (Å²) in [4.78, 5) is 12.3. The first-order valence-electron chi connectivity index (χ1n) is 7.33. The molecule has 0 fully saturated rings. The third kappa shape index (κ3) is 4.43. The number of anilines is 1. The van der Waals surface area contributed by atoms with Crippen molar-refractivity contribution in [1.29, 1.82) is 0 Å². The van der Waals surface area contributed by atoms with Crippen LogP contribution in [0.3, 0.4) is 0 Å². The third-order valence-electron chi connectivity index (χ3n) is 3.06. The second-order valence-electron chi connectivity index (χ2n) is 4.84. The summed E-state index contributed by atoms with van der Waals surface area (Å²) >= 11 is 0. The summed E-state index contributed by atoms with van der Waals surface area (Å²) in [7, 11) is 0. The summed E-state index contributed by atoms with van der Waals surface area (Å²) in [6.07, 6.45) is 6.44. The van der Waals surface area contributed by atoms with Crippen LogP contribution in [0, 0.1) is 0 Å². The van der Waals surface area contributed by atoms with Crippen LogP contribution in [0.1, 0.15) is 5.69 Å². The van der Waals surface area contributed by atoms with E-state index >= 15 is 0 Å². The van der Waals surface area contributed by atoms with Gasteiger partial charge >= 0.3 is 0 Å². The molecule has 3 aromatic heterocycles. The maximum absolute atomic E-state index is 5.84. The zero-order chi connectivity index (χ0) is 17.5. The summed E-state index contributed by atoms with van der Waals surface area (Å²) in [6, 6.07) is 12.4. The number of pyridine rings is 3. The molecule has 25 heavy (non-hydrogen) atoms. The zero-order valence-corrected chi connectivity index (χ0v) is 13.2. The molecule has 0 saturated heterocycles. The molecule has 0 atom stereocenters. The Kier molecular flexibility index (Phi) is 5.03. The Morgan fingerprint density at radius 1 is 1.04 bits per heavy atom. The van der Waals surface area contributed by atoms with E-state index in [0.717, 1.165) is 5.12 Å². The fraction of sp³-hybridized carbons (Fsp3) is 0. The van der Waals surface area contributed by atoms with Crippen LogP contribution in [0.15, 0.2) is 84.2 Å². The predicted octanol–water partition coefficient (Wildman–Crippen LogP) is 3.38. The third-order valence-corrected chi connectivity index (χ3v) is 3.06. The first-order chi connectivity index (χ1) is 12.2. The molecule has 3 aromatic rings. The second kappa shape index (κ2) is 7.75. The number of nitrogens with two attached hydrogens (primary N) is 1. The molecule has 0 aromatic carbocycles. The van der Waals surface area contributed by atoms with E-state index in [4.69, 9.17) is 10.6 Å². The molecule has 3 heterocycles. The van der Waals surface area contributed by atoms with E-state index in [2.05, 4.69) is 31.9 Å². The average molecular weight is 333 g/mol. The van der Waals surface area contributed by atoms with Gasteiger partial charge in [-0.25, -0.2) is 10.8 Å². The van der Waals surface area contributed by atoms with E-state index in [9.17, 15) is 0 Å². The van der Waals surface area contributed by atoms with Gasteiger partial charge in [0.25, 0.3) is 0 Å². The van der Waals surface area contributed by atoms with Crippen molar-refractivity contribution in [3.63, 3.8) is 0 Å². The lowest BCUT2D eigenvalue weighted by molar-refractivity contribution is 0.461. The molecular weight excluding hydrogens is 318 g/mol. The fourth-order valence-corrected chi connectivity index (χ4v) is 1.84. The Hall–Kier alpha value is -3.65. The van der Waals surface area contributed by atoms with Gasteiger partial charge in [0.05, 0.1) is 23.8 Å². The molecule has 2 N–H and O–H groups in total. The van der Waals surface area contributed by atoms with E-state index in [0.29, 0.717) is 28.7 Å². The maximum Gasteiger partial charge on any atom is 0.219 e. The second-order valence-corrected chi connectivity index (χ2v) is 4.84. The van der Waals surface area contributed by atoms with Gasteiger partial charge in [0.2, 0.25) is 5.88 Å². The topological polar surface area (TPSA) is 102 Å². The largest absolute Gasteiger partial charge is 0.437 e.